The van der Waals surface area contributed by atoms with Gasteiger partial charge in [0.2, 0.25) is 0 Å². The molecule has 3 rings (SSSR count). The summed E-state index contributed by atoms with van der Waals surface area (Å²) in [7, 11) is 1.70. The number of aryl methyl sites for hydroxylation is 1. The van der Waals surface area contributed by atoms with E-state index in [0.29, 0.717) is 13.1 Å². The van der Waals surface area contributed by atoms with Crippen molar-refractivity contribution < 1.29 is 4.74 Å². The number of nitrogens with one attached hydrogen (secondary N) is 2. The Morgan fingerprint density at radius 2 is 1.97 bits per heavy atom. The Balaban J connectivity index is 1.65. The summed E-state index contributed by atoms with van der Waals surface area (Å²) in [6.07, 6.45) is 3.77. The van der Waals surface area contributed by atoms with Crippen molar-refractivity contribution in [2.24, 2.45) is 4.99 Å². The van der Waals surface area contributed by atoms with E-state index in [-0.39, 0.29) is 0 Å². The number of benzene rings is 2. The monoisotopic (exact) mass is 391 g/mol. The molecule has 1 aromatic heterocycles. The van der Waals surface area contributed by atoms with Crippen LogP contribution in [0.2, 0.25) is 0 Å². The van der Waals surface area contributed by atoms with Crippen LogP contribution in [0, 0.1) is 6.92 Å². The van der Waals surface area contributed by atoms with E-state index in [1.54, 1.807) is 13.3 Å². The molecule has 0 radical (unpaired) electrons. The molecule has 0 amide bonds. The molecular formula is C23H29N5O. The molecule has 6 heteroatoms. The molecule has 0 saturated heterocycles. The van der Waals surface area contributed by atoms with Crippen LogP contribution in [-0.4, -0.2) is 29.4 Å². The third kappa shape index (κ3) is 6.10. The van der Waals surface area contributed by atoms with Crippen molar-refractivity contribution in [2.75, 3.05) is 13.7 Å². The minimum absolute atomic E-state index is 0.604. The zero-order valence-electron chi connectivity index (χ0n) is 17.4. The number of ether oxygens (including phenoxy) is 1. The summed E-state index contributed by atoms with van der Waals surface area (Å²) < 4.78 is 7.42. The fourth-order valence-corrected chi connectivity index (χ4v) is 3.10. The van der Waals surface area contributed by atoms with Gasteiger partial charge >= 0.3 is 0 Å². The summed E-state index contributed by atoms with van der Waals surface area (Å²) in [5.41, 5.74) is 4.66. The molecule has 0 bridgehead atoms. The van der Waals surface area contributed by atoms with Crippen LogP contribution in [0.25, 0.3) is 0 Å². The molecule has 0 spiro atoms. The molecule has 0 aliphatic carbocycles. The van der Waals surface area contributed by atoms with Gasteiger partial charge < -0.3 is 15.4 Å². The maximum absolute atomic E-state index is 5.50. The lowest BCUT2D eigenvalue weighted by Crippen LogP contribution is -2.36. The lowest BCUT2D eigenvalue weighted by Gasteiger charge is -2.14. The highest BCUT2D eigenvalue weighted by molar-refractivity contribution is 5.79. The second kappa shape index (κ2) is 10.3. The average molecular weight is 392 g/mol. The molecule has 0 saturated carbocycles. The van der Waals surface area contributed by atoms with Crippen LogP contribution in [0.5, 0.6) is 5.75 Å². The predicted octanol–water partition coefficient (Wildman–Crippen LogP) is 3.50. The Morgan fingerprint density at radius 1 is 1.10 bits per heavy atom. The Morgan fingerprint density at radius 3 is 2.72 bits per heavy atom. The van der Waals surface area contributed by atoms with E-state index in [0.717, 1.165) is 30.4 Å². The van der Waals surface area contributed by atoms with Gasteiger partial charge in [-0.15, -0.1) is 0 Å². The molecule has 2 aromatic carbocycles. The van der Waals surface area contributed by atoms with Crippen LogP contribution in [-0.2, 0) is 19.6 Å². The molecule has 0 unspecified atom stereocenters. The fraction of sp³-hybridized carbons (Fsp3) is 0.304. The summed E-state index contributed by atoms with van der Waals surface area (Å²) in [6, 6.07) is 16.6. The van der Waals surface area contributed by atoms with Crippen LogP contribution in [0.1, 0.15) is 29.2 Å². The smallest absolute Gasteiger partial charge is 0.191 e. The van der Waals surface area contributed by atoms with Crippen molar-refractivity contribution in [1.29, 1.82) is 0 Å². The number of rotatable bonds is 8. The Labute approximate surface area is 172 Å². The van der Waals surface area contributed by atoms with Gasteiger partial charge in [0.05, 0.1) is 20.2 Å². The van der Waals surface area contributed by atoms with Crippen LogP contribution < -0.4 is 15.4 Å². The number of aromatic nitrogens is 2. The maximum Gasteiger partial charge on any atom is 0.191 e. The van der Waals surface area contributed by atoms with E-state index in [2.05, 4.69) is 66.0 Å². The summed E-state index contributed by atoms with van der Waals surface area (Å²) in [4.78, 5) is 4.74. The lowest BCUT2D eigenvalue weighted by atomic mass is 10.1. The van der Waals surface area contributed by atoms with Crippen molar-refractivity contribution in [2.45, 2.75) is 33.5 Å². The molecule has 29 heavy (non-hydrogen) atoms. The van der Waals surface area contributed by atoms with Gasteiger partial charge in [-0.05, 0) is 42.7 Å². The molecule has 1 heterocycles. The van der Waals surface area contributed by atoms with Crippen molar-refractivity contribution in [3.63, 3.8) is 0 Å². The molecule has 0 atom stereocenters. The van der Waals surface area contributed by atoms with Crippen molar-refractivity contribution in [3.8, 4) is 5.75 Å². The topological polar surface area (TPSA) is 63.5 Å². The average Bonchev–Trinajstić information content (AvgIpc) is 3.24. The molecular weight excluding hydrogens is 362 g/mol. The Hall–Kier alpha value is -3.28. The van der Waals surface area contributed by atoms with Gasteiger partial charge in [0.1, 0.15) is 5.75 Å². The second-order valence-corrected chi connectivity index (χ2v) is 6.89. The number of methoxy groups -OCH3 is 1. The van der Waals surface area contributed by atoms with Crippen LogP contribution in [0.3, 0.4) is 0 Å². The summed E-state index contributed by atoms with van der Waals surface area (Å²) >= 11 is 0. The van der Waals surface area contributed by atoms with Gasteiger partial charge in [0.15, 0.2) is 5.96 Å². The molecule has 2 N–H and O–H groups in total. The van der Waals surface area contributed by atoms with Crippen LogP contribution in [0.15, 0.2) is 65.9 Å². The number of hydrogen-bond acceptors (Lipinski definition) is 3. The SMILES string of the molecule is CCNC(=NCc1cccc(Cn2cccn2)c1)NCc1ccc(C)cc1OC. The largest absolute Gasteiger partial charge is 0.496 e. The molecule has 0 fully saturated rings. The second-order valence-electron chi connectivity index (χ2n) is 6.89. The van der Waals surface area contributed by atoms with E-state index >= 15 is 0 Å². The molecule has 3 aromatic rings. The maximum atomic E-state index is 5.50. The summed E-state index contributed by atoms with van der Waals surface area (Å²) in [6.45, 7) is 6.94. The van der Waals surface area contributed by atoms with Gasteiger partial charge in [0, 0.05) is 31.0 Å². The fourth-order valence-electron chi connectivity index (χ4n) is 3.10. The van der Waals surface area contributed by atoms with Crippen molar-refractivity contribution in [1.82, 2.24) is 20.4 Å². The first kappa shape index (κ1) is 20.5. The molecule has 0 aliphatic heterocycles. The van der Waals surface area contributed by atoms with E-state index in [4.69, 9.17) is 9.73 Å². The number of guanidine groups is 1. The third-order valence-electron chi connectivity index (χ3n) is 4.55. The molecule has 152 valence electrons. The first-order chi connectivity index (χ1) is 14.2. The third-order valence-corrected chi connectivity index (χ3v) is 4.55. The summed E-state index contributed by atoms with van der Waals surface area (Å²) in [5.74, 6) is 1.67. The zero-order valence-corrected chi connectivity index (χ0v) is 17.4. The highest BCUT2D eigenvalue weighted by atomic mass is 16.5. The Bertz CT molecular complexity index is 934. The predicted molar refractivity (Wildman–Crippen MR) is 117 cm³/mol. The van der Waals surface area contributed by atoms with Crippen molar-refractivity contribution >= 4 is 5.96 Å². The van der Waals surface area contributed by atoms with E-state index < -0.39 is 0 Å². The van der Waals surface area contributed by atoms with Crippen molar-refractivity contribution in [3.05, 3.63) is 83.2 Å². The molecule has 6 nitrogen and oxygen atoms in total. The van der Waals surface area contributed by atoms with Gasteiger partial charge in [-0.25, -0.2) is 4.99 Å². The van der Waals surface area contributed by atoms with Crippen LogP contribution >= 0.6 is 0 Å². The van der Waals surface area contributed by atoms with Gasteiger partial charge in [-0.1, -0.05) is 36.4 Å². The van der Waals surface area contributed by atoms with E-state index in [1.807, 2.05) is 23.0 Å². The minimum atomic E-state index is 0.604. The highest BCUT2D eigenvalue weighted by Gasteiger charge is 2.05. The highest BCUT2D eigenvalue weighted by Crippen LogP contribution is 2.19. The first-order valence-corrected chi connectivity index (χ1v) is 9.89. The van der Waals surface area contributed by atoms with Gasteiger partial charge in [-0.2, -0.15) is 5.10 Å². The first-order valence-electron chi connectivity index (χ1n) is 9.89. The zero-order chi connectivity index (χ0) is 20.5. The van der Waals surface area contributed by atoms with Gasteiger partial charge in [0.25, 0.3) is 0 Å². The number of nitrogens with zero attached hydrogens (tertiary/aromatic N) is 3. The van der Waals surface area contributed by atoms with E-state index in [9.17, 15) is 0 Å². The standard InChI is InChI=1S/C23H29N5O/c1-4-24-23(26-16-21-10-9-18(2)13-22(21)29-3)25-15-19-7-5-8-20(14-19)17-28-12-6-11-27-28/h5-14H,4,15-17H2,1-3H3,(H2,24,25,26). The number of hydrogen-bond donors (Lipinski definition) is 2. The number of aliphatic imine (C=N–C) groups is 1. The van der Waals surface area contributed by atoms with E-state index in [1.165, 1.54) is 16.7 Å². The Kier molecular flexibility index (Phi) is 7.28. The van der Waals surface area contributed by atoms with Crippen LogP contribution in [0.4, 0.5) is 0 Å². The normalized spacial score (nSPS) is 11.3. The minimum Gasteiger partial charge on any atom is -0.496 e. The quantitative estimate of drug-likeness (QED) is 0.456. The molecule has 0 aliphatic rings. The lowest BCUT2D eigenvalue weighted by molar-refractivity contribution is 0.408. The summed E-state index contributed by atoms with van der Waals surface area (Å²) in [5, 5.41) is 11.0. The van der Waals surface area contributed by atoms with Gasteiger partial charge in [-0.3, -0.25) is 4.68 Å².